The number of nitrogens with one attached hydrogen (secondary N) is 1. The summed E-state index contributed by atoms with van der Waals surface area (Å²) in [7, 11) is 2.18. The van der Waals surface area contributed by atoms with Crippen LogP contribution in [0.5, 0.6) is 0 Å². The number of hydrogen-bond donors (Lipinski definition) is 1. The van der Waals surface area contributed by atoms with E-state index in [1.807, 2.05) is 6.92 Å². The van der Waals surface area contributed by atoms with Gasteiger partial charge in [-0.15, -0.1) is 0 Å². The van der Waals surface area contributed by atoms with Crippen molar-refractivity contribution in [1.29, 1.82) is 0 Å². The first-order chi connectivity index (χ1) is 9.59. The Kier molecular flexibility index (Phi) is 7.52. The van der Waals surface area contributed by atoms with E-state index in [2.05, 4.69) is 31.1 Å². The number of hydrogen-bond acceptors (Lipinski definition) is 4. The van der Waals surface area contributed by atoms with Gasteiger partial charge in [0.1, 0.15) is 5.54 Å². The minimum atomic E-state index is -0.447. The Morgan fingerprint density at radius 1 is 1.35 bits per heavy atom. The van der Waals surface area contributed by atoms with Crippen LogP contribution in [-0.4, -0.2) is 49.2 Å². The van der Waals surface area contributed by atoms with Crippen LogP contribution >= 0.6 is 0 Å². The number of esters is 1. The van der Waals surface area contributed by atoms with E-state index in [1.54, 1.807) is 0 Å². The van der Waals surface area contributed by atoms with E-state index in [0.29, 0.717) is 12.6 Å². The molecule has 2 unspecified atom stereocenters. The summed E-state index contributed by atoms with van der Waals surface area (Å²) >= 11 is 0. The van der Waals surface area contributed by atoms with E-state index < -0.39 is 5.54 Å². The first-order valence-corrected chi connectivity index (χ1v) is 8.22. The van der Waals surface area contributed by atoms with Crippen LogP contribution in [-0.2, 0) is 9.53 Å². The Balaban J connectivity index is 2.65. The van der Waals surface area contributed by atoms with Gasteiger partial charge in [0, 0.05) is 6.04 Å². The highest BCUT2D eigenvalue weighted by molar-refractivity contribution is 5.81. The van der Waals surface area contributed by atoms with Crippen molar-refractivity contribution >= 4 is 5.97 Å². The fraction of sp³-hybridized carbons (Fsp3) is 0.938. The molecule has 0 radical (unpaired) electrons. The summed E-state index contributed by atoms with van der Waals surface area (Å²) in [6.07, 6.45) is 6.34. The summed E-state index contributed by atoms with van der Waals surface area (Å²) in [6, 6.07) is 0.496. The molecule has 4 nitrogen and oxygen atoms in total. The van der Waals surface area contributed by atoms with Gasteiger partial charge in [0.2, 0.25) is 0 Å². The van der Waals surface area contributed by atoms with E-state index in [-0.39, 0.29) is 5.97 Å². The van der Waals surface area contributed by atoms with Crippen molar-refractivity contribution in [3.05, 3.63) is 0 Å². The van der Waals surface area contributed by atoms with Gasteiger partial charge in [-0.2, -0.15) is 0 Å². The highest BCUT2D eigenvalue weighted by Gasteiger charge is 2.46. The van der Waals surface area contributed by atoms with Gasteiger partial charge in [-0.05, 0) is 59.2 Å². The van der Waals surface area contributed by atoms with Gasteiger partial charge in [0.15, 0.2) is 0 Å². The average molecular weight is 284 g/mol. The van der Waals surface area contributed by atoms with Crippen LogP contribution in [0.3, 0.4) is 0 Å². The number of unbranched alkanes of at least 4 members (excludes halogenated alkanes) is 1. The molecule has 0 bridgehead atoms. The zero-order chi connectivity index (χ0) is 15.0. The average Bonchev–Trinajstić information content (AvgIpc) is 2.88. The summed E-state index contributed by atoms with van der Waals surface area (Å²) in [4.78, 5) is 14.8. The molecule has 0 spiro atoms. The predicted molar refractivity (Wildman–Crippen MR) is 82.8 cm³/mol. The standard InChI is InChI=1S/C16H32N2O2/c1-5-8-12-18(4)14-9-10-16(13-14,17-11-6-2)15(19)20-7-3/h14,17H,5-13H2,1-4H3. The molecule has 20 heavy (non-hydrogen) atoms. The van der Waals surface area contributed by atoms with E-state index in [4.69, 9.17) is 4.74 Å². The molecule has 1 aliphatic carbocycles. The fourth-order valence-electron chi connectivity index (χ4n) is 3.04. The quantitative estimate of drug-likeness (QED) is 0.661. The van der Waals surface area contributed by atoms with Gasteiger partial charge < -0.3 is 15.0 Å². The summed E-state index contributed by atoms with van der Waals surface area (Å²) in [5, 5.41) is 3.47. The fourth-order valence-corrected chi connectivity index (χ4v) is 3.04. The Morgan fingerprint density at radius 3 is 2.70 bits per heavy atom. The van der Waals surface area contributed by atoms with Gasteiger partial charge in [-0.1, -0.05) is 20.3 Å². The molecule has 0 aromatic carbocycles. The maximum absolute atomic E-state index is 12.4. The van der Waals surface area contributed by atoms with E-state index in [0.717, 1.165) is 38.8 Å². The number of ether oxygens (including phenoxy) is 1. The van der Waals surface area contributed by atoms with Crippen LogP contribution in [0.4, 0.5) is 0 Å². The lowest BCUT2D eigenvalue weighted by molar-refractivity contribution is -0.151. The van der Waals surface area contributed by atoms with E-state index in [1.165, 1.54) is 12.8 Å². The lowest BCUT2D eigenvalue weighted by Gasteiger charge is -2.30. The number of carbonyl (C=O) groups is 1. The summed E-state index contributed by atoms with van der Waals surface area (Å²) < 4.78 is 5.32. The Morgan fingerprint density at radius 2 is 2.10 bits per heavy atom. The van der Waals surface area contributed by atoms with Gasteiger partial charge in [-0.25, -0.2) is 0 Å². The van der Waals surface area contributed by atoms with Crippen LogP contribution < -0.4 is 5.32 Å². The molecular weight excluding hydrogens is 252 g/mol. The number of rotatable bonds is 9. The molecule has 1 fully saturated rings. The van der Waals surface area contributed by atoms with Gasteiger partial charge in [0.25, 0.3) is 0 Å². The van der Waals surface area contributed by atoms with Crippen LogP contribution in [0.15, 0.2) is 0 Å². The van der Waals surface area contributed by atoms with Crippen molar-refractivity contribution in [1.82, 2.24) is 10.2 Å². The lowest BCUT2D eigenvalue weighted by Crippen LogP contribution is -2.52. The Hall–Kier alpha value is -0.610. The van der Waals surface area contributed by atoms with Gasteiger partial charge >= 0.3 is 5.97 Å². The van der Waals surface area contributed by atoms with Crippen molar-refractivity contribution in [2.24, 2.45) is 0 Å². The molecule has 0 aromatic heterocycles. The van der Waals surface area contributed by atoms with Crippen molar-refractivity contribution < 1.29 is 9.53 Å². The molecule has 1 N–H and O–H groups in total. The zero-order valence-electron chi connectivity index (χ0n) is 13.7. The highest BCUT2D eigenvalue weighted by atomic mass is 16.5. The molecule has 4 heteroatoms. The molecular formula is C16H32N2O2. The van der Waals surface area contributed by atoms with Crippen molar-refractivity contribution in [2.45, 2.75) is 70.9 Å². The van der Waals surface area contributed by atoms with Crippen LogP contribution in [0, 0.1) is 0 Å². The maximum Gasteiger partial charge on any atom is 0.326 e. The van der Waals surface area contributed by atoms with Crippen molar-refractivity contribution in [3.63, 3.8) is 0 Å². The zero-order valence-corrected chi connectivity index (χ0v) is 13.7. The molecule has 118 valence electrons. The molecule has 1 rings (SSSR count). The summed E-state index contributed by atoms with van der Waals surface area (Å²) in [5.74, 6) is -0.0557. The normalized spacial score (nSPS) is 26.1. The molecule has 1 saturated carbocycles. The first-order valence-electron chi connectivity index (χ1n) is 8.22. The molecule has 0 aliphatic heterocycles. The maximum atomic E-state index is 12.4. The lowest BCUT2D eigenvalue weighted by atomic mass is 9.97. The monoisotopic (exact) mass is 284 g/mol. The molecule has 0 amide bonds. The van der Waals surface area contributed by atoms with Crippen LogP contribution in [0.1, 0.15) is 59.3 Å². The van der Waals surface area contributed by atoms with E-state index >= 15 is 0 Å². The molecule has 0 heterocycles. The van der Waals surface area contributed by atoms with Gasteiger partial charge in [-0.3, -0.25) is 4.79 Å². The van der Waals surface area contributed by atoms with Crippen LogP contribution in [0.2, 0.25) is 0 Å². The van der Waals surface area contributed by atoms with E-state index in [9.17, 15) is 4.79 Å². The van der Waals surface area contributed by atoms with Gasteiger partial charge in [0.05, 0.1) is 6.61 Å². The molecule has 0 saturated heterocycles. The molecule has 0 aromatic rings. The SMILES string of the molecule is CCCCN(C)C1CCC(NCCC)(C(=O)OCC)C1. The first kappa shape index (κ1) is 17.4. The third-order valence-corrected chi connectivity index (χ3v) is 4.36. The number of nitrogens with zero attached hydrogens (tertiary/aromatic N) is 1. The largest absolute Gasteiger partial charge is 0.465 e. The number of carbonyl (C=O) groups excluding carboxylic acids is 1. The van der Waals surface area contributed by atoms with Crippen LogP contribution in [0.25, 0.3) is 0 Å². The summed E-state index contributed by atoms with van der Waals surface area (Å²) in [6.45, 7) is 8.69. The minimum Gasteiger partial charge on any atom is -0.465 e. The smallest absolute Gasteiger partial charge is 0.326 e. The highest BCUT2D eigenvalue weighted by Crippen LogP contribution is 2.34. The van der Waals surface area contributed by atoms with Crippen molar-refractivity contribution in [3.8, 4) is 0 Å². The predicted octanol–water partition coefficient (Wildman–Crippen LogP) is 2.57. The topological polar surface area (TPSA) is 41.6 Å². The minimum absolute atomic E-state index is 0.0557. The summed E-state index contributed by atoms with van der Waals surface area (Å²) in [5.41, 5.74) is -0.447. The third-order valence-electron chi connectivity index (χ3n) is 4.36. The third kappa shape index (κ3) is 4.45. The van der Waals surface area contributed by atoms with Crippen molar-refractivity contribution in [2.75, 3.05) is 26.7 Å². The Labute approximate surface area is 124 Å². The second-order valence-corrected chi connectivity index (χ2v) is 5.96. The second-order valence-electron chi connectivity index (χ2n) is 5.96. The second kappa shape index (κ2) is 8.63. The molecule has 2 atom stereocenters. The Bertz CT molecular complexity index is 296. The molecule has 1 aliphatic rings.